The number of alkyl halides is 3. The van der Waals surface area contributed by atoms with Crippen LogP contribution in [0.1, 0.15) is 12.5 Å². The fourth-order valence-corrected chi connectivity index (χ4v) is 1.18. The summed E-state index contributed by atoms with van der Waals surface area (Å²) in [5, 5.41) is -1.28. The van der Waals surface area contributed by atoms with Crippen LogP contribution in [-0.2, 0) is 4.79 Å². The van der Waals surface area contributed by atoms with E-state index in [1.54, 1.807) is 0 Å². The van der Waals surface area contributed by atoms with Crippen molar-refractivity contribution in [1.29, 1.82) is 0 Å². The molecule has 0 spiro atoms. The first-order chi connectivity index (χ1) is 7.80. The van der Waals surface area contributed by atoms with E-state index < -0.39 is 17.2 Å². The van der Waals surface area contributed by atoms with Gasteiger partial charge in [-0.2, -0.15) is 13.2 Å². The number of carbonyl (C=O) groups excluding carboxylic acids is 1. The van der Waals surface area contributed by atoms with Crippen LogP contribution < -0.4 is 4.74 Å². The van der Waals surface area contributed by atoms with Gasteiger partial charge in [0.2, 0.25) is 0 Å². The summed E-state index contributed by atoms with van der Waals surface area (Å²) in [7, 11) is 0. The largest absolute Gasteiger partial charge is 0.426 e. The van der Waals surface area contributed by atoms with Crippen molar-refractivity contribution in [3.63, 3.8) is 0 Å². The van der Waals surface area contributed by atoms with Gasteiger partial charge in [0.1, 0.15) is 10.8 Å². The minimum Gasteiger partial charge on any atom is -0.426 e. The smallest absolute Gasteiger partial charge is 0.426 e. The number of benzene rings is 1. The molecular formula is C11H8ClF3O2. The Labute approximate surface area is 101 Å². The van der Waals surface area contributed by atoms with Crippen LogP contribution in [0.2, 0.25) is 0 Å². The number of rotatable bonds is 2. The van der Waals surface area contributed by atoms with Gasteiger partial charge >= 0.3 is 12.1 Å². The Bertz CT molecular complexity index is 452. The van der Waals surface area contributed by atoms with Gasteiger partial charge in [0, 0.05) is 12.5 Å². The van der Waals surface area contributed by atoms with Crippen molar-refractivity contribution < 1.29 is 22.7 Å². The fourth-order valence-electron chi connectivity index (χ4n) is 1.07. The van der Waals surface area contributed by atoms with Crippen molar-refractivity contribution in [2.75, 3.05) is 0 Å². The summed E-state index contributed by atoms with van der Waals surface area (Å²) in [6.45, 7) is 1.16. The van der Waals surface area contributed by atoms with Gasteiger partial charge in [-0.25, -0.2) is 0 Å². The van der Waals surface area contributed by atoms with E-state index in [0.717, 1.165) is 6.92 Å². The van der Waals surface area contributed by atoms with Gasteiger partial charge in [-0.05, 0) is 12.1 Å². The number of hydrogen-bond acceptors (Lipinski definition) is 2. The van der Waals surface area contributed by atoms with Crippen LogP contribution in [0.4, 0.5) is 13.2 Å². The lowest BCUT2D eigenvalue weighted by atomic mass is 10.2. The number of hydrogen-bond donors (Lipinski definition) is 0. The zero-order chi connectivity index (χ0) is 13.1. The van der Waals surface area contributed by atoms with Gasteiger partial charge in [-0.15, -0.1) is 0 Å². The zero-order valence-electron chi connectivity index (χ0n) is 8.72. The van der Waals surface area contributed by atoms with Crippen LogP contribution >= 0.6 is 11.6 Å². The predicted molar refractivity (Wildman–Crippen MR) is 57.6 cm³/mol. The molecule has 17 heavy (non-hydrogen) atoms. The summed E-state index contributed by atoms with van der Waals surface area (Å²) in [5.74, 6) is -0.587. The standard InChI is InChI=1S/C11H8ClF3O2/c1-7(16)17-9-5-3-2-4-8(9)6-10(12)11(13,14)15/h2-6H,1H3. The topological polar surface area (TPSA) is 26.3 Å². The lowest BCUT2D eigenvalue weighted by Gasteiger charge is -2.07. The molecule has 0 saturated heterocycles. The van der Waals surface area contributed by atoms with E-state index in [4.69, 9.17) is 16.3 Å². The Hall–Kier alpha value is -1.49. The molecule has 0 aliphatic rings. The first-order valence-electron chi connectivity index (χ1n) is 4.52. The third-order valence-electron chi connectivity index (χ3n) is 1.73. The van der Waals surface area contributed by atoms with Gasteiger partial charge in [0.15, 0.2) is 0 Å². The van der Waals surface area contributed by atoms with Crippen LogP contribution in [0, 0.1) is 0 Å². The second-order valence-electron chi connectivity index (χ2n) is 3.12. The van der Waals surface area contributed by atoms with E-state index in [9.17, 15) is 18.0 Å². The summed E-state index contributed by atoms with van der Waals surface area (Å²) < 4.78 is 41.4. The minimum absolute atomic E-state index is 0.0300. The van der Waals surface area contributed by atoms with Crippen molar-refractivity contribution in [3.05, 3.63) is 34.9 Å². The molecule has 0 aliphatic carbocycles. The molecule has 0 atom stereocenters. The SMILES string of the molecule is CC(=O)Oc1ccccc1C=C(Cl)C(F)(F)F. The molecule has 0 unspecified atom stereocenters. The second-order valence-corrected chi connectivity index (χ2v) is 3.53. The molecule has 0 radical (unpaired) electrons. The minimum atomic E-state index is -4.62. The molecule has 0 N–H and O–H groups in total. The highest BCUT2D eigenvalue weighted by Gasteiger charge is 2.32. The fraction of sp³-hybridized carbons (Fsp3) is 0.182. The molecule has 0 aromatic heterocycles. The molecule has 6 heteroatoms. The Balaban J connectivity index is 3.10. The Morgan fingerprint density at radius 3 is 2.47 bits per heavy atom. The van der Waals surface area contributed by atoms with Crippen LogP contribution in [0.25, 0.3) is 6.08 Å². The van der Waals surface area contributed by atoms with E-state index in [1.807, 2.05) is 0 Å². The molecule has 1 aromatic carbocycles. The normalized spacial score (nSPS) is 12.4. The molecular weight excluding hydrogens is 257 g/mol. The summed E-state index contributed by atoms with van der Waals surface area (Å²) in [6.07, 6.45) is -3.91. The molecule has 1 aromatic rings. The maximum Gasteiger partial charge on any atom is 0.426 e. The predicted octanol–water partition coefficient (Wildman–Crippen LogP) is 3.75. The van der Waals surface area contributed by atoms with Crippen LogP contribution in [0.3, 0.4) is 0 Å². The molecule has 0 bridgehead atoms. The number of ether oxygens (including phenoxy) is 1. The van der Waals surface area contributed by atoms with Gasteiger partial charge < -0.3 is 4.74 Å². The van der Waals surface area contributed by atoms with E-state index in [1.165, 1.54) is 24.3 Å². The number of carbonyl (C=O) groups is 1. The van der Waals surface area contributed by atoms with Crippen molar-refractivity contribution in [2.24, 2.45) is 0 Å². The lowest BCUT2D eigenvalue weighted by Crippen LogP contribution is -2.07. The summed E-state index contributed by atoms with van der Waals surface area (Å²) in [5.41, 5.74) is 0.0880. The quantitative estimate of drug-likeness (QED) is 0.601. The Kier molecular flexibility index (Phi) is 4.17. The molecule has 92 valence electrons. The molecule has 2 nitrogen and oxygen atoms in total. The number of esters is 1. The maximum absolute atomic E-state index is 12.2. The first-order valence-corrected chi connectivity index (χ1v) is 4.90. The summed E-state index contributed by atoms with van der Waals surface area (Å²) in [4.78, 5) is 10.7. The molecule has 1 rings (SSSR count). The van der Waals surface area contributed by atoms with Gasteiger partial charge in [-0.1, -0.05) is 29.8 Å². The van der Waals surface area contributed by atoms with E-state index in [0.29, 0.717) is 6.08 Å². The third-order valence-corrected chi connectivity index (χ3v) is 2.05. The molecule has 0 saturated carbocycles. The van der Waals surface area contributed by atoms with Crippen LogP contribution in [-0.4, -0.2) is 12.1 Å². The molecule has 0 heterocycles. The summed E-state index contributed by atoms with van der Waals surface area (Å²) in [6, 6.07) is 5.80. The first kappa shape index (κ1) is 13.6. The highest BCUT2D eigenvalue weighted by atomic mass is 35.5. The Morgan fingerprint density at radius 2 is 1.94 bits per heavy atom. The summed E-state index contributed by atoms with van der Waals surface area (Å²) >= 11 is 5.10. The highest BCUT2D eigenvalue weighted by Crippen LogP contribution is 2.32. The average molecular weight is 265 g/mol. The number of allylic oxidation sites excluding steroid dienone is 1. The number of halogens is 4. The molecule has 0 aliphatic heterocycles. The highest BCUT2D eigenvalue weighted by molar-refractivity contribution is 6.32. The van der Waals surface area contributed by atoms with Crippen LogP contribution in [0.15, 0.2) is 29.3 Å². The molecule has 0 amide bonds. The zero-order valence-corrected chi connectivity index (χ0v) is 9.47. The van der Waals surface area contributed by atoms with E-state index in [2.05, 4.69) is 0 Å². The van der Waals surface area contributed by atoms with Gasteiger partial charge in [0.25, 0.3) is 0 Å². The van der Waals surface area contributed by atoms with Crippen molar-refractivity contribution in [3.8, 4) is 5.75 Å². The van der Waals surface area contributed by atoms with Crippen molar-refractivity contribution in [1.82, 2.24) is 0 Å². The van der Waals surface area contributed by atoms with Gasteiger partial charge in [-0.3, -0.25) is 4.79 Å². The van der Waals surface area contributed by atoms with Gasteiger partial charge in [0.05, 0.1) is 0 Å². The third kappa shape index (κ3) is 4.11. The Morgan fingerprint density at radius 1 is 1.35 bits per heavy atom. The van der Waals surface area contributed by atoms with Crippen molar-refractivity contribution in [2.45, 2.75) is 13.1 Å². The lowest BCUT2D eigenvalue weighted by molar-refractivity contribution is -0.131. The number of para-hydroxylation sites is 1. The van der Waals surface area contributed by atoms with E-state index >= 15 is 0 Å². The monoisotopic (exact) mass is 264 g/mol. The van der Waals surface area contributed by atoms with E-state index in [-0.39, 0.29) is 11.3 Å². The molecule has 0 fully saturated rings. The van der Waals surface area contributed by atoms with Crippen LogP contribution in [0.5, 0.6) is 5.75 Å². The maximum atomic E-state index is 12.2. The second kappa shape index (κ2) is 5.23. The van der Waals surface area contributed by atoms with Crippen molar-refractivity contribution >= 4 is 23.6 Å². The average Bonchev–Trinajstić information content (AvgIpc) is 2.18.